The lowest BCUT2D eigenvalue weighted by Crippen LogP contribution is -2.03. The van der Waals surface area contributed by atoms with Gasteiger partial charge < -0.3 is 5.11 Å². The van der Waals surface area contributed by atoms with Crippen LogP contribution in [-0.4, -0.2) is 21.0 Å². The van der Waals surface area contributed by atoms with Gasteiger partial charge in [0.15, 0.2) is 0 Å². The van der Waals surface area contributed by atoms with E-state index in [0.29, 0.717) is 0 Å². The van der Waals surface area contributed by atoms with E-state index in [9.17, 15) is 4.79 Å². The summed E-state index contributed by atoms with van der Waals surface area (Å²) < 4.78 is 0. The molecule has 0 aromatic carbocycles. The van der Waals surface area contributed by atoms with Crippen molar-refractivity contribution in [3.05, 3.63) is 23.8 Å². The molecule has 0 unspecified atom stereocenters. The predicted octanol–water partition coefficient (Wildman–Crippen LogP) is 1.61. The molecule has 0 amide bonds. The number of carboxylic acids is 1. The summed E-state index contributed by atoms with van der Waals surface area (Å²) in [6.45, 7) is 5.78. The van der Waals surface area contributed by atoms with Crippen molar-refractivity contribution in [3.63, 3.8) is 0 Å². The molecule has 1 aromatic rings. The molecule has 1 N–H and O–H groups in total. The molecule has 1 aliphatic rings. The summed E-state index contributed by atoms with van der Waals surface area (Å²) >= 11 is 0. The largest absolute Gasteiger partial charge is 0.481 e. The van der Waals surface area contributed by atoms with Crippen LogP contribution in [-0.2, 0) is 4.79 Å². The van der Waals surface area contributed by atoms with Gasteiger partial charge in [0, 0.05) is 18.3 Å². The molecule has 15 heavy (non-hydrogen) atoms. The highest BCUT2D eigenvalue weighted by atomic mass is 16.4. The average molecular weight is 206 g/mol. The van der Waals surface area contributed by atoms with Crippen LogP contribution in [0, 0.1) is 18.3 Å². The standard InChI is InChI=1S/C11H14N2O2/c1-6-4-13-7(5-12-6)8-9(10(14)15)11(8,2)3/h4-5,8-9H,1-3H3,(H,14,15)/t8-,9+/m0/s1. The third kappa shape index (κ3) is 1.50. The fourth-order valence-corrected chi connectivity index (χ4v) is 2.21. The third-order valence-electron chi connectivity index (χ3n) is 3.21. The minimum atomic E-state index is -0.743. The molecule has 1 aliphatic carbocycles. The lowest BCUT2D eigenvalue weighted by molar-refractivity contribution is -0.139. The van der Waals surface area contributed by atoms with E-state index in [0.717, 1.165) is 11.4 Å². The van der Waals surface area contributed by atoms with Crippen LogP contribution in [0.5, 0.6) is 0 Å². The third-order valence-corrected chi connectivity index (χ3v) is 3.21. The summed E-state index contributed by atoms with van der Waals surface area (Å²) in [5.41, 5.74) is 1.44. The fourth-order valence-electron chi connectivity index (χ4n) is 2.21. The molecule has 0 bridgehead atoms. The van der Waals surface area contributed by atoms with Gasteiger partial charge in [0.25, 0.3) is 0 Å². The molecule has 4 heteroatoms. The first-order valence-electron chi connectivity index (χ1n) is 4.96. The normalized spacial score (nSPS) is 27.4. The van der Waals surface area contributed by atoms with E-state index in [-0.39, 0.29) is 17.3 Å². The minimum Gasteiger partial charge on any atom is -0.481 e. The van der Waals surface area contributed by atoms with Crippen molar-refractivity contribution in [2.75, 3.05) is 0 Å². The zero-order valence-corrected chi connectivity index (χ0v) is 9.06. The molecule has 0 radical (unpaired) electrons. The van der Waals surface area contributed by atoms with E-state index < -0.39 is 5.97 Å². The maximum absolute atomic E-state index is 11.0. The number of aromatic nitrogens is 2. The maximum Gasteiger partial charge on any atom is 0.307 e. The molecule has 1 heterocycles. The first-order chi connectivity index (χ1) is 6.94. The predicted molar refractivity (Wildman–Crippen MR) is 54.4 cm³/mol. The van der Waals surface area contributed by atoms with Crippen molar-refractivity contribution < 1.29 is 9.90 Å². The van der Waals surface area contributed by atoms with Crippen molar-refractivity contribution in [1.29, 1.82) is 0 Å². The van der Waals surface area contributed by atoms with Crippen LogP contribution in [0.3, 0.4) is 0 Å². The zero-order valence-electron chi connectivity index (χ0n) is 9.06. The SMILES string of the molecule is Cc1cnc([C@H]2[C@H](C(=O)O)C2(C)C)cn1. The van der Waals surface area contributed by atoms with Crippen molar-refractivity contribution >= 4 is 5.97 Å². The maximum atomic E-state index is 11.0. The number of aliphatic carboxylic acids is 1. The topological polar surface area (TPSA) is 63.1 Å². The van der Waals surface area contributed by atoms with Crippen LogP contribution in [0.25, 0.3) is 0 Å². The van der Waals surface area contributed by atoms with Crippen molar-refractivity contribution in [3.8, 4) is 0 Å². The van der Waals surface area contributed by atoms with E-state index in [1.165, 1.54) is 0 Å². The molecule has 0 saturated heterocycles. The van der Waals surface area contributed by atoms with Gasteiger partial charge in [0.1, 0.15) is 0 Å². The first-order valence-corrected chi connectivity index (χ1v) is 4.96. The average Bonchev–Trinajstić information content (AvgIpc) is 2.70. The molecule has 2 rings (SSSR count). The summed E-state index contributed by atoms with van der Waals surface area (Å²) in [5.74, 6) is -1.06. The highest BCUT2D eigenvalue weighted by Gasteiger charge is 2.63. The summed E-state index contributed by atoms with van der Waals surface area (Å²) in [6, 6.07) is 0. The van der Waals surface area contributed by atoms with Gasteiger partial charge in [-0.1, -0.05) is 13.8 Å². The van der Waals surface area contributed by atoms with Gasteiger partial charge in [-0.3, -0.25) is 14.8 Å². The number of hydrogen-bond donors (Lipinski definition) is 1. The Morgan fingerprint density at radius 3 is 2.47 bits per heavy atom. The molecular formula is C11H14N2O2. The zero-order chi connectivity index (χ0) is 11.2. The molecule has 1 fully saturated rings. The quantitative estimate of drug-likeness (QED) is 0.798. The van der Waals surface area contributed by atoms with E-state index in [4.69, 9.17) is 5.11 Å². The first kappa shape index (κ1) is 10.1. The van der Waals surface area contributed by atoms with Crippen LogP contribution < -0.4 is 0 Å². The Kier molecular flexibility index (Phi) is 2.03. The van der Waals surface area contributed by atoms with Gasteiger partial charge in [-0.2, -0.15) is 0 Å². The highest BCUT2D eigenvalue weighted by Crippen LogP contribution is 2.63. The van der Waals surface area contributed by atoms with E-state index in [1.807, 2.05) is 20.8 Å². The number of nitrogens with zero attached hydrogens (tertiary/aromatic N) is 2. The van der Waals surface area contributed by atoms with Crippen LogP contribution in [0.1, 0.15) is 31.2 Å². The number of hydrogen-bond acceptors (Lipinski definition) is 3. The molecule has 0 spiro atoms. The van der Waals surface area contributed by atoms with E-state index >= 15 is 0 Å². The van der Waals surface area contributed by atoms with Crippen LogP contribution in [0.2, 0.25) is 0 Å². The Bertz CT molecular complexity index is 398. The Balaban J connectivity index is 2.27. The van der Waals surface area contributed by atoms with Crippen LogP contribution in [0.4, 0.5) is 0 Å². The van der Waals surface area contributed by atoms with Crippen molar-refractivity contribution in [1.82, 2.24) is 9.97 Å². The summed E-state index contributed by atoms with van der Waals surface area (Å²) in [5, 5.41) is 9.03. The minimum absolute atomic E-state index is 0.00287. The van der Waals surface area contributed by atoms with Gasteiger partial charge >= 0.3 is 5.97 Å². The number of rotatable bonds is 2. The Morgan fingerprint density at radius 1 is 1.40 bits per heavy atom. The van der Waals surface area contributed by atoms with Gasteiger partial charge in [-0.05, 0) is 12.3 Å². The van der Waals surface area contributed by atoms with E-state index in [2.05, 4.69) is 9.97 Å². The van der Waals surface area contributed by atoms with E-state index in [1.54, 1.807) is 12.4 Å². The number of carbonyl (C=O) groups is 1. The monoisotopic (exact) mass is 206 g/mol. The summed E-state index contributed by atoms with van der Waals surface area (Å²) in [4.78, 5) is 19.4. The van der Waals surface area contributed by atoms with Gasteiger partial charge in [0.2, 0.25) is 0 Å². The lowest BCUT2D eigenvalue weighted by Gasteiger charge is -2.01. The van der Waals surface area contributed by atoms with Gasteiger partial charge in [-0.15, -0.1) is 0 Å². The van der Waals surface area contributed by atoms with Gasteiger partial charge in [-0.25, -0.2) is 0 Å². The Morgan fingerprint density at radius 2 is 2.07 bits per heavy atom. The smallest absolute Gasteiger partial charge is 0.307 e. The Hall–Kier alpha value is -1.45. The Labute approximate surface area is 88.4 Å². The lowest BCUT2D eigenvalue weighted by atomic mass is 10.1. The molecule has 1 saturated carbocycles. The van der Waals surface area contributed by atoms with Crippen molar-refractivity contribution in [2.24, 2.45) is 11.3 Å². The van der Waals surface area contributed by atoms with Crippen LogP contribution >= 0.6 is 0 Å². The second-order valence-corrected chi connectivity index (χ2v) is 4.70. The second-order valence-electron chi connectivity index (χ2n) is 4.70. The molecule has 2 atom stereocenters. The van der Waals surface area contributed by atoms with Gasteiger partial charge in [0.05, 0.1) is 17.3 Å². The second kappa shape index (κ2) is 3.02. The molecule has 1 aromatic heterocycles. The molecule has 0 aliphatic heterocycles. The van der Waals surface area contributed by atoms with Crippen LogP contribution in [0.15, 0.2) is 12.4 Å². The van der Waals surface area contributed by atoms with Crippen molar-refractivity contribution in [2.45, 2.75) is 26.7 Å². The summed E-state index contributed by atoms with van der Waals surface area (Å²) in [6.07, 6.45) is 3.37. The molecule has 80 valence electrons. The fraction of sp³-hybridized carbons (Fsp3) is 0.545. The number of aryl methyl sites for hydroxylation is 1. The highest BCUT2D eigenvalue weighted by molar-refractivity contribution is 5.77. The number of carboxylic acid groups (broad SMARTS) is 1. The molecular weight excluding hydrogens is 192 g/mol. The molecule has 4 nitrogen and oxygen atoms in total. The summed E-state index contributed by atoms with van der Waals surface area (Å²) in [7, 11) is 0.